The van der Waals surface area contributed by atoms with Crippen LogP contribution >= 0.6 is 0 Å². The molecule has 0 fully saturated rings. The fraction of sp³-hybridized carbons (Fsp3) is 0.875. The van der Waals surface area contributed by atoms with Crippen molar-refractivity contribution in [3.8, 4) is 0 Å². The predicted molar refractivity (Wildman–Crippen MR) is 48.0 cm³/mol. The van der Waals surface area contributed by atoms with Crippen LogP contribution in [0.5, 0.6) is 0 Å². The third-order valence-corrected chi connectivity index (χ3v) is 1.59. The molecule has 0 amide bonds. The van der Waals surface area contributed by atoms with E-state index in [1.165, 1.54) is 0 Å². The van der Waals surface area contributed by atoms with Crippen molar-refractivity contribution in [2.24, 2.45) is 5.73 Å². The van der Waals surface area contributed by atoms with Gasteiger partial charge >= 0.3 is 5.97 Å². The molecule has 12 heavy (non-hydrogen) atoms. The molecule has 0 radical (unpaired) electrons. The van der Waals surface area contributed by atoms with Gasteiger partial charge in [-0.1, -0.05) is 6.92 Å². The number of carboxylic acid groups (broad SMARTS) is 1. The van der Waals surface area contributed by atoms with Gasteiger partial charge in [0.05, 0.1) is 6.42 Å². The lowest BCUT2D eigenvalue weighted by Crippen LogP contribution is -2.37. The summed E-state index contributed by atoms with van der Waals surface area (Å²) in [4.78, 5) is 12.3. The van der Waals surface area contributed by atoms with Crippen molar-refractivity contribution in [1.29, 1.82) is 0 Å². The van der Waals surface area contributed by atoms with E-state index >= 15 is 0 Å². The molecular formula is C8H18N2O2. The molecule has 0 bridgehead atoms. The molecule has 0 aliphatic rings. The first kappa shape index (κ1) is 11.4. The summed E-state index contributed by atoms with van der Waals surface area (Å²) in [6, 6.07) is -0.251. The molecule has 0 aromatic heterocycles. The van der Waals surface area contributed by atoms with Crippen LogP contribution in [0.1, 0.15) is 19.8 Å². The average molecular weight is 174 g/mol. The standard InChI is InChI=1S/C8H18N2O2/c1-3-4-10(2)6-7(9)5-8(11)12/h7H,3-6,9H2,1-2H3,(H,11,12). The second kappa shape index (κ2) is 5.97. The van der Waals surface area contributed by atoms with Gasteiger partial charge in [0, 0.05) is 12.6 Å². The van der Waals surface area contributed by atoms with E-state index in [0.717, 1.165) is 13.0 Å². The smallest absolute Gasteiger partial charge is 0.304 e. The summed E-state index contributed by atoms with van der Waals surface area (Å²) in [6.07, 6.45) is 1.12. The molecule has 0 saturated carbocycles. The topological polar surface area (TPSA) is 66.6 Å². The van der Waals surface area contributed by atoms with Crippen LogP contribution in [-0.2, 0) is 4.79 Å². The lowest BCUT2D eigenvalue weighted by atomic mass is 10.2. The van der Waals surface area contributed by atoms with Crippen molar-refractivity contribution < 1.29 is 9.90 Å². The number of aliphatic carboxylic acids is 1. The number of rotatable bonds is 6. The van der Waals surface area contributed by atoms with Gasteiger partial charge in [-0.2, -0.15) is 0 Å². The van der Waals surface area contributed by atoms with Crippen molar-refractivity contribution in [3.05, 3.63) is 0 Å². The van der Waals surface area contributed by atoms with Crippen LogP contribution < -0.4 is 5.73 Å². The van der Waals surface area contributed by atoms with Gasteiger partial charge in [0.25, 0.3) is 0 Å². The van der Waals surface area contributed by atoms with Gasteiger partial charge in [-0.3, -0.25) is 4.79 Å². The third-order valence-electron chi connectivity index (χ3n) is 1.59. The summed E-state index contributed by atoms with van der Waals surface area (Å²) >= 11 is 0. The Balaban J connectivity index is 3.53. The van der Waals surface area contributed by atoms with E-state index in [-0.39, 0.29) is 12.5 Å². The monoisotopic (exact) mass is 174 g/mol. The highest BCUT2D eigenvalue weighted by molar-refractivity contribution is 5.67. The zero-order chi connectivity index (χ0) is 9.56. The Morgan fingerprint density at radius 3 is 2.67 bits per heavy atom. The number of carboxylic acids is 1. The van der Waals surface area contributed by atoms with E-state index in [2.05, 4.69) is 6.92 Å². The average Bonchev–Trinajstić information content (AvgIpc) is 1.84. The minimum absolute atomic E-state index is 0.0497. The molecule has 4 heteroatoms. The highest BCUT2D eigenvalue weighted by Gasteiger charge is 2.09. The molecule has 72 valence electrons. The number of carbonyl (C=O) groups is 1. The van der Waals surface area contributed by atoms with Crippen LogP contribution in [0, 0.1) is 0 Å². The number of nitrogens with zero attached hydrogens (tertiary/aromatic N) is 1. The van der Waals surface area contributed by atoms with Crippen molar-refractivity contribution >= 4 is 5.97 Å². The van der Waals surface area contributed by atoms with Crippen LogP contribution in [0.2, 0.25) is 0 Å². The van der Waals surface area contributed by atoms with E-state index < -0.39 is 5.97 Å². The van der Waals surface area contributed by atoms with Gasteiger partial charge in [-0.05, 0) is 20.0 Å². The Morgan fingerprint density at radius 2 is 2.25 bits per heavy atom. The van der Waals surface area contributed by atoms with Crippen LogP contribution in [0.15, 0.2) is 0 Å². The van der Waals surface area contributed by atoms with Gasteiger partial charge in [0.1, 0.15) is 0 Å². The number of likely N-dealkylation sites (N-methyl/N-ethyl adjacent to an activating group) is 1. The van der Waals surface area contributed by atoms with E-state index in [4.69, 9.17) is 10.8 Å². The van der Waals surface area contributed by atoms with Crippen LogP contribution in [0.3, 0.4) is 0 Å². The summed E-state index contributed by atoms with van der Waals surface area (Å²) in [7, 11) is 1.95. The molecule has 1 atom stereocenters. The molecule has 0 saturated heterocycles. The molecule has 0 rings (SSSR count). The third kappa shape index (κ3) is 6.12. The van der Waals surface area contributed by atoms with Crippen molar-refractivity contribution in [3.63, 3.8) is 0 Å². The zero-order valence-electron chi connectivity index (χ0n) is 7.79. The summed E-state index contributed by atoms with van der Waals surface area (Å²) < 4.78 is 0. The molecule has 0 aromatic rings. The predicted octanol–water partition coefficient (Wildman–Crippen LogP) is 0.130. The minimum Gasteiger partial charge on any atom is -0.481 e. The summed E-state index contributed by atoms with van der Waals surface area (Å²) in [5.74, 6) is -0.826. The summed E-state index contributed by atoms with van der Waals surface area (Å²) in [5, 5.41) is 8.43. The maximum Gasteiger partial charge on any atom is 0.304 e. The molecule has 0 aliphatic carbocycles. The van der Waals surface area contributed by atoms with Gasteiger partial charge in [-0.25, -0.2) is 0 Å². The second-order valence-corrected chi connectivity index (χ2v) is 3.12. The van der Waals surface area contributed by atoms with E-state index in [1.54, 1.807) is 0 Å². The number of hydrogen-bond donors (Lipinski definition) is 2. The van der Waals surface area contributed by atoms with Crippen molar-refractivity contribution in [1.82, 2.24) is 4.90 Å². The lowest BCUT2D eigenvalue weighted by molar-refractivity contribution is -0.137. The molecule has 4 nitrogen and oxygen atoms in total. The highest BCUT2D eigenvalue weighted by atomic mass is 16.4. The lowest BCUT2D eigenvalue weighted by Gasteiger charge is -2.19. The van der Waals surface area contributed by atoms with Crippen LogP contribution in [0.4, 0.5) is 0 Å². The van der Waals surface area contributed by atoms with Crippen molar-refractivity contribution in [2.45, 2.75) is 25.8 Å². The van der Waals surface area contributed by atoms with E-state index in [9.17, 15) is 4.79 Å². The van der Waals surface area contributed by atoms with Crippen molar-refractivity contribution in [2.75, 3.05) is 20.1 Å². The van der Waals surface area contributed by atoms with Gasteiger partial charge in [-0.15, -0.1) is 0 Å². The van der Waals surface area contributed by atoms with Gasteiger partial charge < -0.3 is 15.7 Å². The van der Waals surface area contributed by atoms with Gasteiger partial charge in [0.15, 0.2) is 0 Å². The molecule has 0 aliphatic heterocycles. The first-order chi connectivity index (χ1) is 5.56. The normalized spacial score (nSPS) is 13.3. The Kier molecular flexibility index (Phi) is 5.66. The summed E-state index contributed by atoms with van der Waals surface area (Å²) in [6.45, 7) is 3.70. The summed E-state index contributed by atoms with van der Waals surface area (Å²) in [5.41, 5.74) is 5.58. The maximum absolute atomic E-state index is 10.3. The van der Waals surface area contributed by atoms with E-state index in [0.29, 0.717) is 6.54 Å². The fourth-order valence-corrected chi connectivity index (χ4v) is 1.16. The number of nitrogens with two attached hydrogens (primary N) is 1. The Bertz CT molecular complexity index is 139. The fourth-order valence-electron chi connectivity index (χ4n) is 1.16. The molecular weight excluding hydrogens is 156 g/mol. The van der Waals surface area contributed by atoms with E-state index in [1.807, 2.05) is 11.9 Å². The SMILES string of the molecule is CCCN(C)CC(N)CC(=O)O. The Morgan fingerprint density at radius 1 is 1.67 bits per heavy atom. The quantitative estimate of drug-likeness (QED) is 0.600. The van der Waals surface area contributed by atoms with Crippen LogP contribution in [-0.4, -0.2) is 42.2 Å². The zero-order valence-corrected chi connectivity index (χ0v) is 7.79. The first-order valence-corrected chi connectivity index (χ1v) is 4.22. The minimum atomic E-state index is -0.826. The molecule has 3 N–H and O–H groups in total. The molecule has 0 aromatic carbocycles. The largest absolute Gasteiger partial charge is 0.481 e. The first-order valence-electron chi connectivity index (χ1n) is 4.22. The molecule has 0 spiro atoms. The number of hydrogen-bond acceptors (Lipinski definition) is 3. The Hall–Kier alpha value is -0.610. The Labute approximate surface area is 73.3 Å². The second-order valence-electron chi connectivity index (χ2n) is 3.12. The highest BCUT2D eigenvalue weighted by Crippen LogP contribution is 1.93. The maximum atomic E-state index is 10.3. The van der Waals surface area contributed by atoms with Crippen LogP contribution in [0.25, 0.3) is 0 Å². The molecule has 1 unspecified atom stereocenters. The molecule has 0 heterocycles. The van der Waals surface area contributed by atoms with Gasteiger partial charge in [0.2, 0.25) is 0 Å².